The van der Waals surface area contributed by atoms with Crippen molar-refractivity contribution < 1.29 is 0 Å². The molecular weight excluding hydrogens is 322 g/mol. The lowest BCUT2D eigenvalue weighted by molar-refractivity contribution is 0.856. The van der Waals surface area contributed by atoms with Gasteiger partial charge in [-0.05, 0) is 37.5 Å². The number of hydrogen-bond acceptors (Lipinski definition) is 5. The Hall–Kier alpha value is -3.39. The van der Waals surface area contributed by atoms with Crippen LogP contribution in [0.15, 0.2) is 60.7 Å². The van der Waals surface area contributed by atoms with Crippen molar-refractivity contribution in [1.29, 1.82) is 5.26 Å². The first kappa shape index (κ1) is 17.4. The third kappa shape index (κ3) is 4.81. The molecule has 130 valence electrons. The van der Waals surface area contributed by atoms with Crippen LogP contribution in [0.25, 0.3) is 0 Å². The third-order valence-corrected chi connectivity index (χ3v) is 3.94. The second-order valence-corrected chi connectivity index (χ2v) is 5.98. The van der Waals surface area contributed by atoms with Crippen molar-refractivity contribution >= 4 is 17.3 Å². The summed E-state index contributed by atoms with van der Waals surface area (Å²) in [5.41, 5.74) is 2.66. The fourth-order valence-corrected chi connectivity index (χ4v) is 2.70. The summed E-state index contributed by atoms with van der Waals surface area (Å²) in [6.07, 6.45) is 2.05. The summed E-state index contributed by atoms with van der Waals surface area (Å²) in [6.45, 7) is 2.69. The monoisotopic (exact) mass is 343 g/mol. The maximum Gasteiger partial charge on any atom is 0.136 e. The second-order valence-electron chi connectivity index (χ2n) is 5.98. The van der Waals surface area contributed by atoms with Crippen molar-refractivity contribution in [3.8, 4) is 6.07 Å². The molecule has 0 atom stereocenters. The van der Waals surface area contributed by atoms with Crippen molar-refractivity contribution in [2.24, 2.45) is 0 Å². The summed E-state index contributed by atoms with van der Waals surface area (Å²) < 4.78 is 0. The lowest BCUT2D eigenvalue weighted by Gasteiger charge is -2.11. The van der Waals surface area contributed by atoms with Gasteiger partial charge in [0, 0.05) is 12.6 Å². The minimum atomic E-state index is 0.584. The van der Waals surface area contributed by atoms with Crippen LogP contribution in [0.2, 0.25) is 0 Å². The van der Waals surface area contributed by atoms with Crippen LogP contribution in [0.1, 0.15) is 23.4 Å². The summed E-state index contributed by atoms with van der Waals surface area (Å²) in [7, 11) is 0. The van der Waals surface area contributed by atoms with Crippen molar-refractivity contribution in [1.82, 2.24) is 9.97 Å². The highest BCUT2D eigenvalue weighted by molar-refractivity contribution is 5.65. The molecule has 0 unspecified atom stereocenters. The molecule has 3 rings (SSSR count). The zero-order valence-electron chi connectivity index (χ0n) is 14.7. The van der Waals surface area contributed by atoms with Crippen molar-refractivity contribution in [3.05, 3.63) is 77.6 Å². The van der Waals surface area contributed by atoms with Gasteiger partial charge in [0.1, 0.15) is 23.5 Å². The van der Waals surface area contributed by atoms with Gasteiger partial charge < -0.3 is 10.6 Å². The fourth-order valence-electron chi connectivity index (χ4n) is 2.70. The number of para-hydroxylation sites is 1. The van der Waals surface area contributed by atoms with E-state index >= 15 is 0 Å². The second kappa shape index (κ2) is 8.63. The Morgan fingerprint density at radius 1 is 0.962 bits per heavy atom. The van der Waals surface area contributed by atoms with E-state index in [-0.39, 0.29) is 0 Å². The first-order valence-corrected chi connectivity index (χ1v) is 8.64. The highest BCUT2D eigenvalue weighted by atomic mass is 15.1. The number of anilines is 3. The van der Waals surface area contributed by atoms with Crippen LogP contribution < -0.4 is 10.6 Å². The van der Waals surface area contributed by atoms with Gasteiger partial charge in [0.05, 0.1) is 11.3 Å². The Bertz CT molecular complexity index is 900. The average Bonchev–Trinajstić information content (AvgIpc) is 2.66. The van der Waals surface area contributed by atoms with Gasteiger partial charge in [-0.15, -0.1) is 0 Å². The van der Waals surface area contributed by atoms with Crippen LogP contribution in [-0.4, -0.2) is 16.5 Å². The molecule has 0 radical (unpaired) electrons. The molecule has 2 aromatic carbocycles. The maximum absolute atomic E-state index is 9.21. The van der Waals surface area contributed by atoms with Gasteiger partial charge in [-0.1, -0.05) is 42.5 Å². The van der Waals surface area contributed by atoms with Crippen molar-refractivity contribution in [3.63, 3.8) is 0 Å². The van der Waals surface area contributed by atoms with E-state index in [2.05, 4.69) is 50.9 Å². The Labute approximate surface area is 153 Å². The van der Waals surface area contributed by atoms with Gasteiger partial charge in [-0.2, -0.15) is 5.26 Å². The number of benzene rings is 2. The number of nitrogens with one attached hydrogen (secondary N) is 2. The largest absolute Gasteiger partial charge is 0.370 e. The van der Waals surface area contributed by atoms with Crippen LogP contribution in [0.3, 0.4) is 0 Å². The summed E-state index contributed by atoms with van der Waals surface area (Å²) in [5, 5.41) is 15.8. The predicted molar refractivity (Wildman–Crippen MR) is 104 cm³/mol. The third-order valence-electron chi connectivity index (χ3n) is 3.94. The van der Waals surface area contributed by atoms with Crippen LogP contribution >= 0.6 is 0 Å². The quantitative estimate of drug-likeness (QED) is 0.620. The molecule has 0 amide bonds. The van der Waals surface area contributed by atoms with Gasteiger partial charge in [0.15, 0.2) is 0 Å². The van der Waals surface area contributed by atoms with Crippen molar-refractivity contribution in [2.75, 3.05) is 17.2 Å². The average molecular weight is 343 g/mol. The zero-order chi connectivity index (χ0) is 18.2. The molecule has 0 saturated heterocycles. The summed E-state index contributed by atoms with van der Waals surface area (Å²) in [4.78, 5) is 8.84. The van der Waals surface area contributed by atoms with E-state index in [1.54, 1.807) is 6.07 Å². The molecule has 2 N–H and O–H groups in total. The van der Waals surface area contributed by atoms with E-state index in [0.29, 0.717) is 17.2 Å². The molecule has 1 aromatic heterocycles. The Morgan fingerprint density at radius 2 is 1.69 bits per heavy atom. The molecular formula is C21H21N5. The molecule has 5 heteroatoms. The first-order chi connectivity index (χ1) is 12.7. The normalized spacial score (nSPS) is 10.2. The topological polar surface area (TPSA) is 73.6 Å². The molecule has 0 aliphatic rings. The smallest absolute Gasteiger partial charge is 0.136 e. The Kier molecular flexibility index (Phi) is 5.79. The minimum absolute atomic E-state index is 0.584. The van der Waals surface area contributed by atoms with Gasteiger partial charge >= 0.3 is 0 Å². The molecule has 0 aliphatic heterocycles. The van der Waals surface area contributed by atoms with E-state index in [9.17, 15) is 5.26 Å². The van der Waals surface area contributed by atoms with E-state index in [0.717, 1.165) is 30.9 Å². The summed E-state index contributed by atoms with van der Waals surface area (Å²) in [6, 6.07) is 21.9. The zero-order valence-corrected chi connectivity index (χ0v) is 14.7. The summed E-state index contributed by atoms with van der Waals surface area (Å²) in [5.74, 6) is 2.13. The molecule has 5 nitrogen and oxygen atoms in total. The molecule has 3 aromatic rings. The number of rotatable bonds is 7. The standard InChI is InChI=1S/C21H21N5/c1-16-24-20(23-13-7-10-17-8-3-2-4-9-17)14-21(25-16)26-19-12-6-5-11-18(19)15-22/h2-6,8-9,11-12,14H,7,10,13H2,1H3,(H2,23,24,25,26). The fraction of sp³-hybridized carbons (Fsp3) is 0.190. The molecule has 0 fully saturated rings. The molecule has 0 saturated carbocycles. The maximum atomic E-state index is 9.21. The summed E-state index contributed by atoms with van der Waals surface area (Å²) >= 11 is 0. The number of nitrogens with zero attached hydrogens (tertiary/aromatic N) is 3. The number of hydrogen-bond donors (Lipinski definition) is 2. The van der Waals surface area contributed by atoms with Gasteiger partial charge in [-0.25, -0.2) is 9.97 Å². The van der Waals surface area contributed by atoms with E-state index in [1.165, 1.54) is 5.56 Å². The highest BCUT2D eigenvalue weighted by Crippen LogP contribution is 2.20. The van der Waals surface area contributed by atoms with Gasteiger partial charge in [0.2, 0.25) is 0 Å². The van der Waals surface area contributed by atoms with Gasteiger partial charge in [-0.3, -0.25) is 0 Å². The lowest BCUT2D eigenvalue weighted by Crippen LogP contribution is -2.07. The predicted octanol–water partition coefficient (Wildman–Crippen LogP) is 4.45. The van der Waals surface area contributed by atoms with Gasteiger partial charge in [0.25, 0.3) is 0 Å². The van der Waals surface area contributed by atoms with E-state index in [1.807, 2.05) is 37.3 Å². The molecule has 26 heavy (non-hydrogen) atoms. The van der Waals surface area contributed by atoms with Crippen LogP contribution in [0.5, 0.6) is 0 Å². The molecule has 0 aliphatic carbocycles. The number of nitriles is 1. The van der Waals surface area contributed by atoms with E-state index in [4.69, 9.17) is 0 Å². The molecule has 1 heterocycles. The first-order valence-electron chi connectivity index (χ1n) is 8.64. The van der Waals surface area contributed by atoms with Crippen LogP contribution in [-0.2, 0) is 6.42 Å². The Morgan fingerprint density at radius 3 is 2.50 bits per heavy atom. The number of aryl methyl sites for hydroxylation is 2. The minimum Gasteiger partial charge on any atom is -0.370 e. The molecule has 0 spiro atoms. The van der Waals surface area contributed by atoms with Crippen molar-refractivity contribution in [2.45, 2.75) is 19.8 Å². The Balaban J connectivity index is 1.61. The SMILES string of the molecule is Cc1nc(NCCCc2ccccc2)cc(Nc2ccccc2C#N)n1. The molecule has 0 bridgehead atoms. The van der Waals surface area contributed by atoms with E-state index < -0.39 is 0 Å². The lowest BCUT2D eigenvalue weighted by atomic mass is 10.1. The highest BCUT2D eigenvalue weighted by Gasteiger charge is 2.05. The van der Waals surface area contributed by atoms with Crippen LogP contribution in [0.4, 0.5) is 17.3 Å². The number of aromatic nitrogens is 2. The van der Waals surface area contributed by atoms with Crippen LogP contribution in [0, 0.1) is 18.3 Å².